The number of nitrogens with zero attached hydrogens (tertiary/aromatic N) is 1. The summed E-state index contributed by atoms with van der Waals surface area (Å²) >= 11 is 0. The van der Waals surface area contributed by atoms with Crippen LogP contribution >= 0.6 is 0 Å². The van der Waals surface area contributed by atoms with Crippen molar-refractivity contribution < 1.29 is 4.74 Å². The molecule has 15 heavy (non-hydrogen) atoms. The minimum absolute atomic E-state index is 0.131. The van der Waals surface area contributed by atoms with E-state index in [1.165, 1.54) is 0 Å². The molecule has 3 nitrogen and oxygen atoms in total. The zero-order chi connectivity index (χ0) is 11.3. The van der Waals surface area contributed by atoms with Crippen LogP contribution in [0.25, 0.3) is 0 Å². The summed E-state index contributed by atoms with van der Waals surface area (Å²) in [6, 6.07) is 7.30. The maximum atomic E-state index is 8.79. The summed E-state index contributed by atoms with van der Waals surface area (Å²) in [6.45, 7) is 4.11. The highest BCUT2D eigenvalue weighted by molar-refractivity contribution is 5.63. The normalized spacial score (nSPS) is 11.8. The minimum atomic E-state index is 0.131. The van der Waals surface area contributed by atoms with Gasteiger partial charge in [0.15, 0.2) is 0 Å². The lowest BCUT2D eigenvalue weighted by Crippen LogP contribution is -2.12. The van der Waals surface area contributed by atoms with Gasteiger partial charge in [0.05, 0.1) is 17.4 Å². The Morgan fingerprint density at radius 2 is 2.27 bits per heavy atom. The average molecular weight is 204 g/mol. The van der Waals surface area contributed by atoms with Crippen LogP contribution in [0.15, 0.2) is 18.2 Å². The molecule has 0 aromatic heterocycles. The van der Waals surface area contributed by atoms with Gasteiger partial charge >= 0.3 is 0 Å². The van der Waals surface area contributed by atoms with Gasteiger partial charge in [-0.1, -0.05) is 19.4 Å². The highest BCUT2D eigenvalue weighted by Gasteiger charge is 2.08. The number of nitrogens with two attached hydrogens (primary N) is 1. The first-order chi connectivity index (χ1) is 7.19. The van der Waals surface area contributed by atoms with Crippen LogP contribution in [0.2, 0.25) is 0 Å². The molecule has 0 bridgehead atoms. The van der Waals surface area contributed by atoms with Crippen molar-refractivity contribution in [3.8, 4) is 11.8 Å². The summed E-state index contributed by atoms with van der Waals surface area (Å²) in [7, 11) is 0. The van der Waals surface area contributed by atoms with Gasteiger partial charge in [-0.2, -0.15) is 5.26 Å². The SMILES string of the molecule is CCCC(C)Oc1cccc(C#N)c1N. The molecule has 2 N–H and O–H groups in total. The first-order valence-electron chi connectivity index (χ1n) is 5.14. The fourth-order valence-corrected chi connectivity index (χ4v) is 1.43. The Kier molecular flexibility index (Phi) is 3.99. The number of nitriles is 1. The Labute approximate surface area is 90.5 Å². The van der Waals surface area contributed by atoms with E-state index < -0.39 is 0 Å². The smallest absolute Gasteiger partial charge is 0.143 e. The van der Waals surface area contributed by atoms with E-state index in [4.69, 9.17) is 15.7 Å². The Morgan fingerprint density at radius 3 is 2.87 bits per heavy atom. The van der Waals surface area contributed by atoms with Crippen LogP contribution in [0, 0.1) is 11.3 Å². The van der Waals surface area contributed by atoms with Gasteiger partial charge in [0, 0.05) is 0 Å². The first kappa shape index (κ1) is 11.4. The largest absolute Gasteiger partial charge is 0.489 e. The summed E-state index contributed by atoms with van der Waals surface area (Å²) in [5.41, 5.74) is 6.69. The lowest BCUT2D eigenvalue weighted by molar-refractivity contribution is 0.211. The molecule has 1 aromatic carbocycles. The third kappa shape index (κ3) is 2.88. The van der Waals surface area contributed by atoms with Crippen molar-refractivity contribution in [1.29, 1.82) is 5.26 Å². The van der Waals surface area contributed by atoms with Crippen LogP contribution in [0.4, 0.5) is 5.69 Å². The molecule has 0 saturated carbocycles. The second-order valence-electron chi connectivity index (χ2n) is 3.55. The zero-order valence-corrected chi connectivity index (χ0v) is 9.16. The molecule has 1 rings (SSSR count). The fourth-order valence-electron chi connectivity index (χ4n) is 1.43. The van der Waals surface area contributed by atoms with E-state index >= 15 is 0 Å². The van der Waals surface area contributed by atoms with Crippen LogP contribution in [0.1, 0.15) is 32.3 Å². The molecule has 0 amide bonds. The van der Waals surface area contributed by atoms with Crippen molar-refractivity contribution in [3.05, 3.63) is 23.8 Å². The van der Waals surface area contributed by atoms with E-state index in [1.54, 1.807) is 18.2 Å². The topological polar surface area (TPSA) is 59.0 Å². The number of ether oxygens (including phenoxy) is 1. The van der Waals surface area contributed by atoms with Gasteiger partial charge < -0.3 is 10.5 Å². The van der Waals surface area contributed by atoms with E-state index in [-0.39, 0.29) is 6.10 Å². The Bertz CT molecular complexity index is 368. The van der Waals surface area contributed by atoms with Crippen molar-refractivity contribution in [2.75, 3.05) is 5.73 Å². The highest BCUT2D eigenvalue weighted by Crippen LogP contribution is 2.26. The van der Waals surface area contributed by atoms with E-state index in [9.17, 15) is 0 Å². The molecule has 0 radical (unpaired) electrons. The molecule has 0 fully saturated rings. The Balaban J connectivity index is 2.82. The quantitative estimate of drug-likeness (QED) is 0.767. The molecule has 0 saturated heterocycles. The van der Waals surface area contributed by atoms with Gasteiger partial charge in [-0.3, -0.25) is 0 Å². The van der Waals surface area contributed by atoms with Crippen molar-refractivity contribution in [2.45, 2.75) is 32.8 Å². The number of anilines is 1. The molecule has 0 spiro atoms. The van der Waals surface area contributed by atoms with Gasteiger partial charge in [0.2, 0.25) is 0 Å². The van der Waals surface area contributed by atoms with Gasteiger partial charge in [-0.15, -0.1) is 0 Å². The number of para-hydroxylation sites is 1. The molecule has 0 aliphatic rings. The molecule has 3 heteroatoms. The highest BCUT2D eigenvalue weighted by atomic mass is 16.5. The molecular formula is C12H16N2O. The molecule has 80 valence electrons. The third-order valence-electron chi connectivity index (χ3n) is 2.21. The predicted octanol–water partition coefficient (Wildman–Crippen LogP) is 2.71. The first-order valence-corrected chi connectivity index (χ1v) is 5.14. The lowest BCUT2D eigenvalue weighted by atomic mass is 10.2. The summed E-state index contributed by atoms with van der Waals surface area (Å²) in [6.07, 6.45) is 2.18. The number of hydrogen-bond acceptors (Lipinski definition) is 3. The van der Waals surface area contributed by atoms with Crippen molar-refractivity contribution in [3.63, 3.8) is 0 Å². The molecule has 0 heterocycles. The monoisotopic (exact) mass is 204 g/mol. The maximum absolute atomic E-state index is 8.79. The van der Waals surface area contributed by atoms with Crippen LogP contribution in [0.5, 0.6) is 5.75 Å². The Morgan fingerprint density at radius 1 is 1.53 bits per heavy atom. The van der Waals surface area contributed by atoms with E-state index in [0.717, 1.165) is 12.8 Å². The van der Waals surface area contributed by atoms with Crippen molar-refractivity contribution >= 4 is 5.69 Å². The molecular weight excluding hydrogens is 188 g/mol. The number of hydrogen-bond donors (Lipinski definition) is 1. The average Bonchev–Trinajstić information content (AvgIpc) is 2.21. The standard InChI is InChI=1S/C12H16N2O/c1-3-5-9(2)15-11-7-4-6-10(8-13)12(11)14/h4,6-7,9H,3,5,14H2,1-2H3. The number of nitrogen functional groups attached to an aromatic ring is 1. The molecule has 0 aliphatic carbocycles. The second kappa shape index (κ2) is 5.26. The van der Waals surface area contributed by atoms with Gasteiger partial charge in [0.1, 0.15) is 11.8 Å². The second-order valence-corrected chi connectivity index (χ2v) is 3.55. The molecule has 0 aliphatic heterocycles. The fraction of sp³-hybridized carbons (Fsp3) is 0.417. The summed E-state index contributed by atoms with van der Waals surface area (Å²) in [5.74, 6) is 0.606. The lowest BCUT2D eigenvalue weighted by Gasteiger charge is -2.15. The maximum Gasteiger partial charge on any atom is 0.143 e. The molecule has 1 aromatic rings. The van der Waals surface area contributed by atoms with Gasteiger partial charge in [-0.25, -0.2) is 0 Å². The van der Waals surface area contributed by atoms with Crippen LogP contribution in [-0.4, -0.2) is 6.10 Å². The minimum Gasteiger partial charge on any atom is -0.489 e. The van der Waals surface area contributed by atoms with Gasteiger partial charge in [0.25, 0.3) is 0 Å². The van der Waals surface area contributed by atoms with Crippen LogP contribution in [0.3, 0.4) is 0 Å². The van der Waals surface area contributed by atoms with Crippen molar-refractivity contribution in [1.82, 2.24) is 0 Å². The summed E-state index contributed by atoms with van der Waals surface area (Å²) in [4.78, 5) is 0. The molecule has 1 unspecified atom stereocenters. The van der Waals surface area contributed by atoms with Crippen LogP contribution < -0.4 is 10.5 Å². The summed E-state index contributed by atoms with van der Waals surface area (Å²) < 4.78 is 5.65. The Hall–Kier alpha value is -1.69. The van der Waals surface area contributed by atoms with Crippen LogP contribution in [-0.2, 0) is 0 Å². The zero-order valence-electron chi connectivity index (χ0n) is 9.16. The number of rotatable bonds is 4. The molecule has 1 atom stereocenters. The van der Waals surface area contributed by atoms with Gasteiger partial charge in [-0.05, 0) is 25.5 Å². The van der Waals surface area contributed by atoms with Crippen molar-refractivity contribution in [2.24, 2.45) is 0 Å². The van der Waals surface area contributed by atoms with E-state index in [1.807, 2.05) is 13.0 Å². The summed E-state index contributed by atoms with van der Waals surface area (Å²) in [5, 5.41) is 8.79. The number of benzene rings is 1. The van der Waals surface area contributed by atoms with E-state index in [2.05, 4.69) is 6.92 Å². The third-order valence-corrected chi connectivity index (χ3v) is 2.21. The van der Waals surface area contributed by atoms with E-state index in [0.29, 0.717) is 17.0 Å². The predicted molar refractivity (Wildman–Crippen MR) is 60.6 cm³/mol.